The van der Waals surface area contributed by atoms with Crippen molar-refractivity contribution < 1.29 is 29.0 Å². The topological polar surface area (TPSA) is 143 Å². The molecule has 1 aromatic rings. The Kier molecular flexibility index (Phi) is 9.65. The fourth-order valence-corrected chi connectivity index (χ4v) is 4.16. The zero-order valence-corrected chi connectivity index (χ0v) is 21.6. The smallest absolute Gasteiger partial charge is 0.407 e. The predicted molar refractivity (Wildman–Crippen MR) is 133 cm³/mol. The minimum Gasteiger partial charge on any atom is -0.453 e. The number of nitrogens with zero attached hydrogens (tertiary/aromatic N) is 1. The molecule has 0 fully saturated rings. The van der Waals surface area contributed by atoms with Gasteiger partial charge in [-0.15, -0.1) is 0 Å². The Labute approximate surface area is 207 Å². The second-order valence-corrected chi connectivity index (χ2v) is 10.4. The molecule has 35 heavy (non-hydrogen) atoms. The number of fused-ring (bicyclic) bond motifs is 1. The molecule has 3 atom stereocenters. The van der Waals surface area contributed by atoms with E-state index in [-0.39, 0.29) is 30.8 Å². The minimum absolute atomic E-state index is 0.0167. The molecule has 1 heterocycles. The highest BCUT2D eigenvalue weighted by Crippen LogP contribution is 2.32. The van der Waals surface area contributed by atoms with Crippen LogP contribution >= 0.6 is 0 Å². The molecule has 1 unspecified atom stereocenters. The van der Waals surface area contributed by atoms with Crippen molar-refractivity contribution in [2.45, 2.75) is 70.7 Å². The number of rotatable bonds is 10. The third kappa shape index (κ3) is 7.91. The number of hydrogen-bond donors (Lipinski definition) is 4. The molecule has 0 saturated carbocycles. The van der Waals surface area contributed by atoms with Crippen LogP contribution in [0.2, 0.25) is 0 Å². The first kappa shape index (κ1) is 28.5. The fraction of sp³-hybridized carbons (Fsp3) is 0.640. The Bertz CT molecular complexity index is 904. The van der Waals surface area contributed by atoms with Gasteiger partial charge in [0.15, 0.2) is 0 Å². The molecule has 1 aliphatic rings. The van der Waals surface area contributed by atoms with Crippen LogP contribution in [0.15, 0.2) is 24.3 Å². The Hall–Kier alpha value is -2.69. The number of carbonyl (C=O) groups excluding carboxylic acids is 3. The maximum Gasteiger partial charge on any atom is 0.407 e. The van der Waals surface area contributed by atoms with Crippen LogP contribution in [0.5, 0.6) is 0 Å². The van der Waals surface area contributed by atoms with Crippen molar-refractivity contribution in [3.05, 3.63) is 29.8 Å². The lowest BCUT2D eigenvalue weighted by Crippen LogP contribution is -2.51. The van der Waals surface area contributed by atoms with Crippen molar-refractivity contribution in [1.29, 1.82) is 0 Å². The number of ether oxygens (including phenoxy) is 2. The number of methoxy groups -OCH3 is 2. The van der Waals surface area contributed by atoms with Crippen molar-refractivity contribution in [3.63, 3.8) is 0 Å². The van der Waals surface area contributed by atoms with Crippen LogP contribution in [0.25, 0.3) is 0 Å². The van der Waals surface area contributed by atoms with E-state index in [9.17, 15) is 19.5 Å². The number of alkyl carbamates (subject to hydrolysis) is 1. The molecular formula is C25H40N4O6. The average molecular weight is 493 g/mol. The monoisotopic (exact) mass is 492 g/mol. The summed E-state index contributed by atoms with van der Waals surface area (Å²) in [6, 6.07) is 6.70. The predicted octanol–water partition coefficient (Wildman–Crippen LogP) is 1.34. The molecule has 196 valence electrons. The van der Waals surface area contributed by atoms with Gasteiger partial charge in [-0.25, -0.2) is 4.79 Å². The summed E-state index contributed by atoms with van der Waals surface area (Å²) in [5, 5.41) is 15.9. The Morgan fingerprint density at radius 1 is 1.20 bits per heavy atom. The molecule has 1 aliphatic heterocycles. The Balaban J connectivity index is 2.02. The zero-order valence-electron chi connectivity index (χ0n) is 21.6. The van der Waals surface area contributed by atoms with Crippen molar-refractivity contribution >= 4 is 23.6 Å². The number of nitrogens with two attached hydrogens (primary N) is 1. The van der Waals surface area contributed by atoms with Gasteiger partial charge in [0.1, 0.15) is 5.60 Å². The van der Waals surface area contributed by atoms with E-state index in [1.165, 1.54) is 14.2 Å². The molecule has 5 N–H and O–H groups in total. The SMILES string of the molecule is COC(=O)NC1Cc2ccccc2N(C(=O)CC(C)(C)C[C@H](N)[C@@H](O)CNC(=O)C(C)(C)OC)C1. The summed E-state index contributed by atoms with van der Waals surface area (Å²) in [6.45, 7) is 7.42. The average Bonchev–Trinajstić information content (AvgIpc) is 2.80. The van der Waals surface area contributed by atoms with Crippen LogP contribution in [0.4, 0.5) is 10.5 Å². The van der Waals surface area contributed by atoms with Crippen LogP contribution < -0.4 is 21.3 Å². The minimum atomic E-state index is -1.01. The van der Waals surface area contributed by atoms with Gasteiger partial charge in [0.25, 0.3) is 5.91 Å². The normalized spacial score (nSPS) is 17.7. The number of amides is 3. The number of aliphatic hydroxyl groups excluding tert-OH is 1. The fourth-order valence-electron chi connectivity index (χ4n) is 4.16. The highest BCUT2D eigenvalue weighted by Gasteiger charge is 2.34. The molecule has 10 nitrogen and oxygen atoms in total. The molecule has 0 aromatic heterocycles. The van der Waals surface area contributed by atoms with Crippen LogP contribution in [0.1, 0.15) is 46.1 Å². The van der Waals surface area contributed by atoms with Crippen molar-refractivity contribution in [2.75, 3.05) is 32.2 Å². The second-order valence-electron chi connectivity index (χ2n) is 10.4. The van der Waals surface area contributed by atoms with E-state index in [1.807, 2.05) is 38.1 Å². The number of aliphatic hydroxyl groups is 1. The summed E-state index contributed by atoms with van der Waals surface area (Å²) in [6.07, 6.45) is -0.368. The molecule has 0 radical (unpaired) electrons. The van der Waals surface area contributed by atoms with Gasteiger partial charge in [0.2, 0.25) is 5.91 Å². The lowest BCUT2D eigenvalue weighted by atomic mass is 9.80. The molecule has 0 aliphatic carbocycles. The Morgan fingerprint density at radius 2 is 1.86 bits per heavy atom. The molecule has 0 bridgehead atoms. The van der Waals surface area contributed by atoms with E-state index in [0.717, 1.165) is 11.3 Å². The molecule has 10 heteroatoms. The summed E-state index contributed by atoms with van der Waals surface area (Å²) in [5.41, 5.74) is 6.49. The van der Waals surface area contributed by atoms with Crippen molar-refractivity contribution in [2.24, 2.45) is 11.1 Å². The molecule has 2 rings (SSSR count). The van der Waals surface area contributed by atoms with Crippen LogP contribution in [-0.4, -0.2) is 74.1 Å². The van der Waals surface area contributed by atoms with E-state index >= 15 is 0 Å². The van der Waals surface area contributed by atoms with Gasteiger partial charge < -0.3 is 35.8 Å². The van der Waals surface area contributed by atoms with Gasteiger partial charge in [-0.05, 0) is 43.7 Å². The number of benzene rings is 1. The lowest BCUT2D eigenvalue weighted by Gasteiger charge is -2.37. The molecule has 1 aromatic carbocycles. The number of hydrogen-bond acceptors (Lipinski definition) is 7. The quantitative estimate of drug-likeness (QED) is 0.386. The largest absolute Gasteiger partial charge is 0.453 e. The second kappa shape index (κ2) is 11.8. The number of para-hydroxylation sites is 1. The van der Waals surface area contributed by atoms with Gasteiger partial charge in [-0.2, -0.15) is 0 Å². The van der Waals surface area contributed by atoms with E-state index < -0.39 is 29.3 Å². The third-order valence-electron chi connectivity index (χ3n) is 6.40. The van der Waals surface area contributed by atoms with Crippen molar-refractivity contribution in [1.82, 2.24) is 10.6 Å². The van der Waals surface area contributed by atoms with Gasteiger partial charge in [0.05, 0.1) is 19.3 Å². The molecular weight excluding hydrogens is 452 g/mol. The third-order valence-corrected chi connectivity index (χ3v) is 6.40. The van der Waals surface area contributed by atoms with E-state index in [2.05, 4.69) is 10.6 Å². The van der Waals surface area contributed by atoms with E-state index in [0.29, 0.717) is 19.4 Å². The maximum absolute atomic E-state index is 13.4. The van der Waals surface area contributed by atoms with Crippen molar-refractivity contribution in [3.8, 4) is 0 Å². The lowest BCUT2D eigenvalue weighted by molar-refractivity contribution is -0.140. The van der Waals surface area contributed by atoms with Crippen LogP contribution in [-0.2, 0) is 25.5 Å². The number of anilines is 1. The van der Waals surface area contributed by atoms with Gasteiger partial charge >= 0.3 is 6.09 Å². The van der Waals surface area contributed by atoms with E-state index in [1.54, 1.807) is 18.7 Å². The van der Waals surface area contributed by atoms with Crippen LogP contribution in [0.3, 0.4) is 0 Å². The first-order chi connectivity index (χ1) is 16.3. The molecule has 3 amide bonds. The summed E-state index contributed by atoms with van der Waals surface area (Å²) in [5.74, 6) is -0.449. The molecule has 0 saturated heterocycles. The highest BCUT2D eigenvalue weighted by atomic mass is 16.5. The highest BCUT2D eigenvalue weighted by molar-refractivity contribution is 5.95. The first-order valence-electron chi connectivity index (χ1n) is 11.8. The zero-order chi connectivity index (χ0) is 26.4. The Morgan fingerprint density at radius 3 is 2.49 bits per heavy atom. The summed E-state index contributed by atoms with van der Waals surface area (Å²) >= 11 is 0. The van der Waals surface area contributed by atoms with E-state index in [4.69, 9.17) is 15.2 Å². The number of carbonyl (C=O) groups is 3. The summed E-state index contributed by atoms with van der Waals surface area (Å²) in [4.78, 5) is 39.0. The standard InChI is InChI=1S/C25H40N4O6/c1-24(2,12-18(26)20(30)14-27-22(32)25(3,4)35-6)13-21(31)29-15-17(28-23(33)34-5)11-16-9-7-8-10-19(16)29/h7-10,17-18,20,30H,11-15,26H2,1-6H3,(H,27,32)(H,28,33)/t17?,18-,20-/m0/s1. The van der Waals surface area contributed by atoms with Gasteiger partial charge in [-0.3, -0.25) is 9.59 Å². The van der Waals surface area contributed by atoms with Crippen LogP contribution in [0, 0.1) is 5.41 Å². The number of nitrogens with one attached hydrogen (secondary N) is 2. The molecule has 0 spiro atoms. The van der Waals surface area contributed by atoms with Gasteiger partial charge in [0, 0.05) is 38.3 Å². The summed E-state index contributed by atoms with van der Waals surface area (Å²) in [7, 11) is 2.74. The summed E-state index contributed by atoms with van der Waals surface area (Å²) < 4.78 is 9.86. The first-order valence-corrected chi connectivity index (χ1v) is 11.8. The maximum atomic E-state index is 13.4. The van der Waals surface area contributed by atoms with Gasteiger partial charge in [-0.1, -0.05) is 32.0 Å².